The zero-order chi connectivity index (χ0) is 5.41. The van der Waals surface area contributed by atoms with E-state index in [2.05, 4.69) is 0 Å². The Labute approximate surface area is 41.2 Å². The van der Waals surface area contributed by atoms with E-state index in [1.807, 2.05) is 0 Å². The molecule has 0 aliphatic rings. The molecule has 4 nitrogen and oxygen atoms in total. The number of hydrogen-bond donors (Lipinski definition) is 2. The summed E-state index contributed by atoms with van der Waals surface area (Å²) in [5.41, 5.74) is 0. The van der Waals surface area contributed by atoms with Gasteiger partial charge in [-0.15, -0.1) is 0 Å². The van der Waals surface area contributed by atoms with Crippen molar-refractivity contribution in [2.75, 3.05) is 0 Å². The van der Waals surface area contributed by atoms with Gasteiger partial charge in [0.15, 0.2) is 0 Å². The summed E-state index contributed by atoms with van der Waals surface area (Å²) >= 11 is 0. The molecule has 0 unspecified atom stereocenters. The first kappa shape index (κ1) is 17.1. The van der Waals surface area contributed by atoms with Crippen LogP contribution in [-0.4, -0.2) is 12.2 Å². The lowest BCUT2D eigenvalue weighted by molar-refractivity contribution is 0.562. The van der Waals surface area contributed by atoms with Gasteiger partial charge in [-0.1, -0.05) is 7.43 Å². The Hall–Kier alpha value is -1.24. The number of nitrogens with one attached hydrogen (secondary N) is 2. The van der Waals surface area contributed by atoms with E-state index >= 15 is 0 Å². The van der Waals surface area contributed by atoms with Crippen LogP contribution in [0.25, 0.3) is 0 Å². The van der Waals surface area contributed by atoms with Crippen molar-refractivity contribution >= 4 is 12.2 Å². The fourth-order valence-electron chi connectivity index (χ4n) is 0. The Morgan fingerprint density at radius 3 is 1.00 bits per heavy atom. The number of rotatable bonds is 0. The molecule has 0 bridgehead atoms. The van der Waals surface area contributed by atoms with Crippen molar-refractivity contribution in [3.63, 3.8) is 0 Å². The normalized spacial score (nSPS) is 2.29. The first-order valence-electron chi connectivity index (χ1n) is 0.908. The fourth-order valence-corrected chi connectivity index (χ4v) is 0. The zero-order valence-electron chi connectivity index (χ0n) is 2.82. The summed E-state index contributed by atoms with van der Waals surface area (Å²) < 4.78 is 0. The maximum absolute atomic E-state index is 8.35. The third-order valence-electron chi connectivity index (χ3n) is 0. The minimum Gasteiger partial charge on any atom is -0.222 e. The molecule has 0 aromatic rings. The van der Waals surface area contributed by atoms with E-state index in [-0.39, 0.29) is 7.43 Å². The molecular weight excluding hydrogens is 96.0 g/mol. The molecule has 0 spiro atoms. The lowest BCUT2D eigenvalue weighted by Gasteiger charge is -1.02. The summed E-state index contributed by atoms with van der Waals surface area (Å²) in [5, 5.41) is 10.8. The molecule has 0 saturated carbocycles. The van der Waals surface area contributed by atoms with Gasteiger partial charge in [-0.05, 0) is 0 Å². The Balaban J connectivity index is -0.0000000400. The van der Waals surface area contributed by atoms with E-state index in [0.29, 0.717) is 0 Å². The van der Waals surface area contributed by atoms with Gasteiger partial charge in [0, 0.05) is 0 Å². The van der Waals surface area contributed by atoms with E-state index in [1.165, 1.54) is 0 Å². The highest BCUT2D eigenvalue weighted by Crippen LogP contribution is 0.871. The lowest BCUT2D eigenvalue weighted by atomic mass is 11.7. The van der Waals surface area contributed by atoms with Crippen molar-refractivity contribution < 1.29 is 9.59 Å². The van der Waals surface area contributed by atoms with Crippen LogP contribution in [0.2, 0.25) is 0 Å². The summed E-state index contributed by atoms with van der Waals surface area (Å²) in [6.45, 7) is 0. The van der Waals surface area contributed by atoms with Crippen molar-refractivity contribution in [2.45, 2.75) is 7.43 Å². The molecule has 40 valence electrons. The van der Waals surface area contributed by atoms with Gasteiger partial charge in [0.2, 0.25) is 12.2 Å². The highest BCUT2D eigenvalue weighted by molar-refractivity contribution is 5.26. The number of hydrogen-bond acceptors (Lipinski definition) is 4. The van der Waals surface area contributed by atoms with Crippen LogP contribution < -0.4 is 0 Å². The van der Waals surface area contributed by atoms with Crippen LogP contribution in [-0.2, 0) is 9.59 Å². The van der Waals surface area contributed by atoms with Gasteiger partial charge in [-0.25, -0.2) is 20.4 Å². The quantitative estimate of drug-likeness (QED) is 0.343. The summed E-state index contributed by atoms with van der Waals surface area (Å²) in [6.07, 6.45) is 1.50. The van der Waals surface area contributed by atoms with E-state index in [9.17, 15) is 0 Å². The molecule has 0 heterocycles. The molecule has 0 radical (unpaired) electrons. The standard InChI is InChI=1S/2CHNO.CH4/c2*2-1-3;/h2*2H;1H4. The van der Waals surface area contributed by atoms with Gasteiger partial charge in [0.1, 0.15) is 0 Å². The first-order valence-corrected chi connectivity index (χ1v) is 0.908. The van der Waals surface area contributed by atoms with Crippen LogP contribution in [0.1, 0.15) is 7.43 Å². The zero-order valence-corrected chi connectivity index (χ0v) is 2.82. The van der Waals surface area contributed by atoms with Gasteiger partial charge in [0.25, 0.3) is 0 Å². The molecule has 2 N–H and O–H groups in total. The van der Waals surface area contributed by atoms with Crippen LogP contribution in [0.5, 0.6) is 0 Å². The van der Waals surface area contributed by atoms with E-state index < -0.39 is 0 Å². The molecule has 7 heavy (non-hydrogen) atoms. The van der Waals surface area contributed by atoms with Crippen LogP contribution in [0, 0.1) is 10.8 Å². The lowest BCUT2D eigenvalue weighted by Crippen LogP contribution is -1.16. The van der Waals surface area contributed by atoms with Crippen LogP contribution in [0.3, 0.4) is 0 Å². The highest BCUT2D eigenvalue weighted by atomic mass is 16.1. The second-order valence-corrected chi connectivity index (χ2v) is 0.204. The Bertz CT molecular complexity index is 64.9. The Morgan fingerprint density at radius 2 is 1.00 bits per heavy atom. The molecular formula is C3H6N2O2. The smallest absolute Gasteiger partial charge is 0.222 e. The molecule has 0 aromatic heterocycles. The minimum atomic E-state index is 0. The molecule has 0 aliphatic carbocycles. The fraction of sp³-hybridized carbons (Fsp3) is 0.333. The van der Waals surface area contributed by atoms with Gasteiger partial charge < -0.3 is 0 Å². The van der Waals surface area contributed by atoms with Gasteiger partial charge in [-0.2, -0.15) is 0 Å². The van der Waals surface area contributed by atoms with Crippen molar-refractivity contribution in [2.24, 2.45) is 0 Å². The van der Waals surface area contributed by atoms with E-state index in [1.54, 1.807) is 0 Å². The first-order chi connectivity index (χ1) is 2.83. The van der Waals surface area contributed by atoms with Crippen LogP contribution in [0.4, 0.5) is 0 Å². The van der Waals surface area contributed by atoms with Crippen molar-refractivity contribution in [3.8, 4) is 0 Å². The molecule has 4 heteroatoms. The average molecular weight is 102 g/mol. The van der Waals surface area contributed by atoms with Crippen molar-refractivity contribution in [3.05, 3.63) is 0 Å². The maximum Gasteiger partial charge on any atom is 0.231 e. The molecule has 0 rings (SSSR count). The minimum absolute atomic E-state index is 0. The monoisotopic (exact) mass is 102 g/mol. The average Bonchev–Trinajstić information content (AvgIpc) is 1.39. The SMILES string of the molecule is C.N=C=O.N=C=O. The second kappa shape index (κ2) is 117. The summed E-state index contributed by atoms with van der Waals surface area (Å²) in [6, 6.07) is 0. The Kier molecular flexibility index (Phi) is 285. The van der Waals surface area contributed by atoms with Crippen molar-refractivity contribution in [1.29, 1.82) is 10.8 Å². The predicted octanol–water partition coefficient (Wildman–Crippen LogP) is 0.438. The third-order valence-corrected chi connectivity index (χ3v) is 0. The summed E-state index contributed by atoms with van der Waals surface area (Å²) in [5.74, 6) is 0. The van der Waals surface area contributed by atoms with Crippen LogP contribution in [0.15, 0.2) is 0 Å². The van der Waals surface area contributed by atoms with E-state index in [4.69, 9.17) is 20.4 Å². The molecule has 0 saturated heterocycles. The number of carbonyl (C=O) groups excluding carboxylic acids is 2. The third kappa shape index (κ3) is 23.6. The largest absolute Gasteiger partial charge is 0.231 e. The molecule has 0 amide bonds. The molecule has 0 atom stereocenters. The van der Waals surface area contributed by atoms with Crippen molar-refractivity contribution in [1.82, 2.24) is 0 Å². The maximum atomic E-state index is 8.35. The van der Waals surface area contributed by atoms with Gasteiger partial charge in [0.05, 0.1) is 0 Å². The summed E-state index contributed by atoms with van der Waals surface area (Å²) in [7, 11) is 0. The van der Waals surface area contributed by atoms with Gasteiger partial charge in [-0.3, -0.25) is 0 Å². The highest BCUT2D eigenvalue weighted by Gasteiger charge is 1.04. The number of isocyanates is 2. The van der Waals surface area contributed by atoms with Crippen LogP contribution >= 0.6 is 0 Å². The van der Waals surface area contributed by atoms with E-state index in [0.717, 1.165) is 12.2 Å². The second-order valence-electron chi connectivity index (χ2n) is 0.204. The van der Waals surface area contributed by atoms with Gasteiger partial charge >= 0.3 is 0 Å². The predicted molar refractivity (Wildman–Crippen MR) is 23.6 cm³/mol. The Morgan fingerprint density at radius 1 is 1.00 bits per heavy atom. The summed E-state index contributed by atoms with van der Waals surface area (Å²) in [4.78, 5) is 16.7. The molecule has 0 aromatic carbocycles. The topological polar surface area (TPSA) is 81.8 Å². The molecule has 0 fully saturated rings. The molecule has 0 aliphatic heterocycles.